The molecule has 1 unspecified atom stereocenters. The minimum Gasteiger partial charge on any atom is -0.379 e. The Bertz CT molecular complexity index is 817. The van der Waals surface area contributed by atoms with Crippen molar-refractivity contribution >= 4 is 0 Å². The summed E-state index contributed by atoms with van der Waals surface area (Å²) in [4.78, 5) is 0. The fourth-order valence-electron chi connectivity index (χ4n) is 6.41. The van der Waals surface area contributed by atoms with Crippen LogP contribution in [0.1, 0.15) is 174 Å². The topological polar surface area (TPSA) is 18.5 Å². The summed E-state index contributed by atoms with van der Waals surface area (Å²) >= 11 is 0. The van der Waals surface area contributed by atoms with Crippen molar-refractivity contribution in [2.24, 2.45) is 0 Å². The Kier molecular flexibility index (Phi) is 30.7. The molecular weight excluding hydrogens is 574 g/mol. The second-order valence-electron chi connectivity index (χ2n) is 14.8. The van der Waals surface area contributed by atoms with E-state index in [4.69, 9.17) is 9.47 Å². The first-order valence-electron chi connectivity index (χ1n) is 20.4. The summed E-state index contributed by atoms with van der Waals surface area (Å²) in [5.41, 5.74) is 1.38. The quantitative estimate of drug-likeness (QED) is 0.0412. The Morgan fingerprint density at radius 2 is 0.957 bits per heavy atom. The van der Waals surface area contributed by atoms with Gasteiger partial charge in [-0.05, 0) is 64.2 Å². The molecule has 0 radical (unpaired) electrons. The Morgan fingerprint density at radius 3 is 1.45 bits per heavy atom. The van der Waals surface area contributed by atoms with Gasteiger partial charge in [0.25, 0.3) is 0 Å². The van der Waals surface area contributed by atoms with Gasteiger partial charge in [-0.3, -0.25) is 0 Å². The van der Waals surface area contributed by atoms with E-state index >= 15 is 0 Å². The van der Waals surface area contributed by atoms with E-state index in [1.54, 1.807) is 0 Å². The molecule has 0 aliphatic carbocycles. The fourth-order valence-corrected chi connectivity index (χ4v) is 6.41. The van der Waals surface area contributed by atoms with Crippen molar-refractivity contribution in [3.8, 4) is 0 Å². The van der Waals surface area contributed by atoms with Crippen molar-refractivity contribution < 1.29 is 14.0 Å². The van der Waals surface area contributed by atoms with Gasteiger partial charge in [-0.1, -0.05) is 158 Å². The van der Waals surface area contributed by atoms with Crippen LogP contribution in [0.5, 0.6) is 0 Å². The molecule has 1 rings (SSSR count). The van der Waals surface area contributed by atoms with Gasteiger partial charge in [0.05, 0.1) is 20.7 Å². The molecule has 1 aromatic carbocycles. The lowest BCUT2D eigenvalue weighted by atomic mass is 10.1. The Balaban J connectivity index is 2.21. The lowest BCUT2D eigenvalue weighted by Crippen LogP contribution is -2.47. The summed E-state index contributed by atoms with van der Waals surface area (Å²) < 4.78 is 13.6. The molecule has 0 N–H and O–H groups in total. The SMILES string of the molecule is CCCCCCCCC=CCCCCCCOCC(C[N+](C)(C)Cc1ccccc1)OCCCCCCC=CCCCCCCCC. The molecule has 0 aliphatic heterocycles. The van der Waals surface area contributed by atoms with Gasteiger partial charge in [-0.2, -0.15) is 0 Å². The van der Waals surface area contributed by atoms with Gasteiger partial charge in [0.1, 0.15) is 19.2 Å². The van der Waals surface area contributed by atoms with Gasteiger partial charge in [0.2, 0.25) is 0 Å². The highest BCUT2D eigenvalue weighted by Crippen LogP contribution is 2.14. The van der Waals surface area contributed by atoms with E-state index in [0.29, 0.717) is 6.61 Å². The first-order chi connectivity index (χ1) is 23.1. The van der Waals surface area contributed by atoms with Crippen LogP contribution >= 0.6 is 0 Å². The van der Waals surface area contributed by atoms with Crippen LogP contribution in [-0.2, 0) is 16.0 Å². The smallest absolute Gasteiger partial charge is 0.130 e. The van der Waals surface area contributed by atoms with Gasteiger partial charge in [0.15, 0.2) is 0 Å². The summed E-state index contributed by atoms with van der Waals surface area (Å²) in [7, 11) is 4.65. The van der Waals surface area contributed by atoms with E-state index < -0.39 is 0 Å². The van der Waals surface area contributed by atoms with Crippen molar-refractivity contribution in [2.75, 3.05) is 40.5 Å². The first kappa shape index (κ1) is 43.6. The number of quaternary nitrogens is 1. The van der Waals surface area contributed by atoms with Gasteiger partial charge in [0, 0.05) is 18.8 Å². The second-order valence-corrected chi connectivity index (χ2v) is 14.8. The van der Waals surface area contributed by atoms with Gasteiger partial charge in [-0.25, -0.2) is 0 Å². The highest BCUT2D eigenvalue weighted by molar-refractivity contribution is 5.13. The van der Waals surface area contributed by atoms with E-state index in [9.17, 15) is 0 Å². The summed E-state index contributed by atoms with van der Waals surface area (Å²) in [6, 6.07) is 10.9. The molecule has 1 atom stereocenters. The van der Waals surface area contributed by atoms with Gasteiger partial charge < -0.3 is 14.0 Å². The van der Waals surface area contributed by atoms with Crippen molar-refractivity contribution in [3.05, 3.63) is 60.2 Å². The molecule has 0 aliphatic rings. The van der Waals surface area contributed by atoms with E-state index in [2.05, 4.69) is 82.6 Å². The zero-order valence-corrected chi connectivity index (χ0v) is 32.0. The van der Waals surface area contributed by atoms with Crippen LogP contribution in [0.15, 0.2) is 54.6 Å². The molecule has 3 nitrogen and oxygen atoms in total. The molecule has 1 aromatic rings. The minimum absolute atomic E-state index is 0.149. The molecule has 0 saturated heterocycles. The minimum atomic E-state index is 0.149. The molecule has 0 spiro atoms. The number of unbranched alkanes of at least 4 members (excludes halogenated alkanes) is 20. The number of ether oxygens (including phenoxy) is 2. The molecule has 47 heavy (non-hydrogen) atoms. The standard InChI is InChI=1S/C44H80NO2/c1-5-7-9-11-13-15-17-19-21-23-25-27-29-34-38-46-42-44(41-45(3,4)40-43-36-32-31-33-37-43)47-39-35-30-28-26-24-22-20-18-16-14-12-10-8-6-2/h19-22,31-33,36-37,44H,5-18,23-30,34-35,38-42H2,1-4H3/q+1. The van der Waals surface area contributed by atoms with E-state index in [1.165, 1.54) is 147 Å². The lowest BCUT2D eigenvalue weighted by Gasteiger charge is -2.33. The van der Waals surface area contributed by atoms with Crippen LogP contribution in [0.25, 0.3) is 0 Å². The Morgan fingerprint density at radius 1 is 0.532 bits per heavy atom. The number of allylic oxidation sites excluding steroid dienone is 4. The molecule has 0 fully saturated rings. The van der Waals surface area contributed by atoms with Crippen molar-refractivity contribution in [1.82, 2.24) is 0 Å². The fraction of sp³-hybridized carbons (Fsp3) is 0.773. The largest absolute Gasteiger partial charge is 0.379 e. The number of likely N-dealkylation sites (N-methyl/N-ethyl adjacent to an activating group) is 1. The van der Waals surface area contributed by atoms with Gasteiger partial charge >= 0.3 is 0 Å². The molecule has 272 valence electrons. The third-order valence-corrected chi connectivity index (χ3v) is 9.27. The average molecular weight is 655 g/mol. The maximum absolute atomic E-state index is 6.48. The molecule has 3 heteroatoms. The average Bonchev–Trinajstić information content (AvgIpc) is 3.06. The zero-order chi connectivity index (χ0) is 33.9. The molecular formula is C44H80NO2+. The highest BCUT2D eigenvalue weighted by atomic mass is 16.5. The van der Waals surface area contributed by atoms with Crippen LogP contribution < -0.4 is 0 Å². The summed E-state index contributed by atoms with van der Waals surface area (Å²) in [6.45, 7) is 8.98. The second kappa shape index (κ2) is 33.1. The number of hydrogen-bond acceptors (Lipinski definition) is 2. The zero-order valence-electron chi connectivity index (χ0n) is 32.0. The van der Waals surface area contributed by atoms with Crippen LogP contribution in [0.3, 0.4) is 0 Å². The van der Waals surface area contributed by atoms with Crippen LogP contribution in [0.2, 0.25) is 0 Å². The third-order valence-electron chi connectivity index (χ3n) is 9.27. The highest BCUT2D eigenvalue weighted by Gasteiger charge is 2.23. The Hall–Kier alpha value is -1.42. The normalized spacial score (nSPS) is 12.9. The van der Waals surface area contributed by atoms with Crippen molar-refractivity contribution in [2.45, 2.75) is 181 Å². The monoisotopic (exact) mass is 655 g/mol. The maximum Gasteiger partial charge on any atom is 0.130 e. The Labute approximate surface area is 294 Å². The van der Waals surface area contributed by atoms with Crippen molar-refractivity contribution in [1.29, 1.82) is 0 Å². The molecule has 0 saturated carbocycles. The van der Waals surface area contributed by atoms with Crippen LogP contribution in [-0.4, -0.2) is 51.0 Å². The molecule has 0 aromatic heterocycles. The summed E-state index contributed by atoms with van der Waals surface area (Å²) in [5, 5.41) is 0. The van der Waals surface area contributed by atoms with Gasteiger partial charge in [-0.15, -0.1) is 0 Å². The number of rotatable bonds is 35. The van der Waals surface area contributed by atoms with E-state index in [-0.39, 0.29) is 6.10 Å². The molecule has 0 amide bonds. The molecule has 0 heterocycles. The molecule has 0 bridgehead atoms. The number of hydrogen-bond donors (Lipinski definition) is 0. The first-order valence-corrected chi connectivity index (χ1v) is 20.4. The van der Waals surface area contributed by atoms with Crippen LogP contribution in [0.4, 0.5) is 0 Å². The predicted octanol–water partition coefficient (Wildman–Crippen LogP) is 13.2. The summed E-state index contributed by atoms with van der Waals surface area (Å²) in [6.07, 6.45) is 41.5. The maximum atomic E-state index is 6.48. The third kappa shape index (κ3) is 30.4. The van der Waals surface area contributed by atoms with Crippen molar-refractivity contribution in [3.63, 3.8) is 0 Å². The number of benzene rings is 1. The number of nitrogens with zero attached hydrogens (tertiary/aromatic N) is 1. The lowest BCUT2D eigenvalue weighted by molar-refractivity contribution is -0.906. The van der Waals surface area contributed by atoms with Crippen LogP contribution in [0, 0.1) is 0 Å². The predicted molar refractivity (Wildman–Crippen MR) is 208 cm³/mol. The van der Waals surface area contributed by atoms with E-state index in [0.717, 1.165) is 43.6 Å². The summed E-state index contributed by atoms with van der Waals surface area (Å²) in [5.74, 6) is 0. The van der Waals surface area contributed by atoms with E-state index in [1.807, 2.05) is 0 Å².